The molecule has 0 radical (unpaired) electrons. The summed E-state index contributed by atoms with van der Waals surface area (Å²) in [5.74, 6) is 1.52. The molecule has 5 rings (SSSR count). The number of hydrogen-bond acceptors (Lipinski definition) is 5. The number of thioether (sulfide) groups is 1. The van der Waals surface area contributed by atoms with Crippen molar-refractivity contribution in [2.24, 2.45) is 5.92 Å². The summed E-state index contributed by atoms with van der Waals surface area (Å²) in [6.45, 7) is 4.96. The first-order chi connectivity index (χ1) is 17.0. The van der Waals surface area contributed by atoms with Gasteiger partial charge in [-0.25, -0.2) is 4.57 Å². The van der Waals surface area contributed by atoms with Crippen molar-refractivity contribution in [3.63, 3.8) is 0 Å². The zero-order chi connectivity index (χ0) is 24.4. The van der Waals surface area contributed by atoms with E-state index >= 15 is 0 Å². The van der Waals surface area contributed by atoms with Gasteiger partial charge in [-0.15, -0.1) is 10.2 Å². The van der Waals surface area contributed by atoms with Crippen molar-refractivity contribution in [3.05, 3.63) is 64.4 Å². The topological polar surface area (TPSA) is 81.3 Å². The van der Waals surface area contributed by atoms with Crippen LogP contribution in [-0.2, 0) is 4.79 Å². The van der Waals surface area contributed by atoms with E-state index in [-0.39, 0.29) is 23.1 Å². The van der Waals surface area contributed by atoms with Crippen LogP contribution in [0.4, 0.5) is 0 Å². The normalized spacial score (nSPS) is 14.7. The molecular formula is C27H31N5O2S. The van der Waals surface area contributed by atoms with Crippen molar-refractivity contribution < 1.29 is 4.79 Å². The maximum atomic E-state index is 13.6. The molecule has 0 spiro atoms. The Morgan fingerprint density at radius 1 is 1.06 bits per heavy atom. The molecule has 1 aliphatic rings. The molecule has 0 bridgehead atoms. The molecule has 1 amide bonds. The molecule has 0 saturated heterocycles. The third-order valence-corrected chi connectivity index (χ3v) is 7.77. The maximum Gasteiger partial charge on any atom is 0.267 e. The second-order valence-corrected chi connectivity index (χ2v) is 10.5. The minimum Gasteiger partial charge on any atom is -0.355 e. The lowest BCUT2D eigenvalue weighted by Gasteiger charge is -2.21. The Hall–Kier alpha value is -3.13. The van der Waals surface area contributed by atoms with Gasteiger partial charge in [0.25, 0.3) is 5.56 Å². The molecule has 7 nitrogen and oxygen atoms in total. The number of amides is 1. The Bertz CT molecular complexity index is 1420. The van der Waals surface area contributed by atoms with E-state index in [1.807, 2.05) is 52.9 Å². The van der Waals surface area contributed by atoms with E-state index in [1.165, 1.54) is 43.9 Å². The van der Waals surface area contributed by atoms with Crippen LogP contribution < -0.4 is 10.9 Å². The van der Waals surface area contributed by atoms with E-state index in [0.29, 0.717) is 22.2 Å². The van der Waals surface area contributed by atoms with Gasteiger partial charge in [-0.3, -0.25) is 14.0 Å². The minimum atomic E-state index is -0.129. The van der Waals surface area contributed by atoms with Gasteiger partial charge in [0.2, 0.25) is 11.7 Å². The van der Waals surface area contributed by atoms with Crippen LogP contribution in [0.15, 0.2) is 58.5 Å². The highest BCUT2D eigenvalue weighted by atomic mass is 32.2. The predicted molar refractivity (Wildman–Crippen MR) is 140 cm³/mol. The van der Waals surface area contributed by atoms with Crippen LogP contribution in [0.3, 0.4) is 0 Å². The molecule has 2 aromatic carbocycles. The number of nitrogens with one attached hydrogen (secondary N) is 1. The third-order valence-electron chi connectivity index (χ3n) is 6.84. The first-order valence-corrected chi connectivity index (χ1v) is 13.4. The smallest absolute Gasteiger partial charge is 0.267 e. The zero-order valence-electron chi connectivity index (χ0n) is 20.2. The maximum absolute atomic E-state index is 13.6. The van der Waals surface area contributed by atoms with E-state index in [9.17, 15) is 9.59 Å². The van der Waals surface area contributed by atoms with E-state index in [0.717, 1.165) is 23.3 Å². The molecule has 1 N–H and O–H groups in total. The summed E-state index contributed by atoms with van der Waals surface area (Å²) in [6, 6.07) is 15.4. The average molecular weight is 490 g/mol. The molecule has 1 saturated carbocycles. The fraction of sp³-hybridized carbons (Fsp3) is 0.407. The lowest BCUT2D eigenvalue weighted by molar-refractivity contribution is -0.118. The third kappa shape index (κ3) is 4.72. The summed E-state index contributed by atoms with van der Waals surface area (Å²) in [6.07, 6.45) is 6.22. The second kappa shape index (κ2) is 10.2. The monoisotopic (exact) mass is 489 g/mol. The number of fused-ring (bicyclic) bond motifs is 3. The van der Waals surface area contributed by atoms with Gasteiger partial charge in [0.15, 0.2) is 5.16 Å². The molecule has 4 aromatic rings. The van der Waals surface area contributed by atoms with Crippen molar-refractivity contribution in [2.75, 3.05) is 12.3 Å². The molecule has 35 heavy (non-hydrogen) atoms. The highest BCUT2D eigenvalue weighted by Gasteiger charge is 2.21. The Balaban J connectivity index is 1.50. The molecule has 0 aliphatic heterocycles. The number of rotatable bonds is 7. The van der Waals surface area contributed by atoms with E-state index in [1.54, 1.807) is 4.57 Å². The number of benzene rings is 2. The van der Waals surface area contributed by atoms with E-state index in [4.69, 9.17) is 0 Å². The average Bonchev–Trinajstić information content (AvgIpc) is 3.31. The molecule has 2 aromatic heterocycles. The number of carbonyl (C=O) groups excluding carboxylic acids is 1. The van der Waals surface area contributed by atoms with Gasteiger partial charge in [-0.05, 0) is 48.4 Å². The molecule has 182 valence electrons. The van der Waals surface area contributed by atoms with Gasteiger partial charge in [-0.2, -0.15) is 0 Å². The van der Waals surface area contributed by atoms with Gasteiger partial charge >= 0.3 is 0 Å². The first kappa shape index (κ1) is 23.6. The number of hydrogen-bond donors (Lipinski definition) is 1. The molecule has 1 aliphatic carbocycles. The van der Waals surface area contributed by atoms with Crippen molar-refractivity contribution in [2.45, 2.75) is 57.0 Å². The van der Waals surface area contributed by atoms with Crippen LogP contribution in [0.5, 0.6) is 0 Å². The summed E-state index contributed by atoms with van der Waals surface area (Å²) in [7, 11) is 0. The lowest BCUT2D eigenvalue weighted by Crippen LogP contribution is -2.31. The quantitative estimate of drug-likeness (QED) is 0.372. The van der Waals surface area contributed by atoms with Crippen LogP contribution in [0.25, 0.3) is 22.4 Å². The van der Waals surface area contributed by atoms with Gasteiger partial charge in [0.05, 0.1) is 22.3 Å². The first-order valence-electron chi connectivity index (χ1n) is 12.4. The van der Waals surface area contributed by atoms with Crippen molar-refractivity contribution in [3.8, 4) is 5.69 Å². The van der Waals surface area contributed by atoms with Crippen LogP contribution in [0.2, 0.25) is 0 Å². The molecule has 1 fully saturated rings. The Morgan fingerprint density at radius 3 is 2.60 bits per heavy atom. The molecule has 2 heterocycles. The van der Waals surface area contributed by atoms with Gasteiger partial charge in [0.1, 0.15) is 0 Å². The summed E-state index contributed by atoms with van der Waals surface area (Å²) >= 11 is 1.35. The standard InChI is InChI=1S/C27H31N5O2S/c1-18(2)20-12-6-8-14-22(20)31-25(34)21-13-7-9-15-23(21)32-26(31)29-30-27(32)35-17-24(33)28-16-19-10-4-3-5-11-19/h6-9,12-15,18-19H,3-5,10-11,16-17H2,1-2H3,(H,28,33). The van der Waals surface area contributed by atoms with Gasteiger partial charge in [0, 0.05) is 6.54 Å². The van der Waals surface area contributed by atoms with Gasteiger partial charge in [-0.1, -0.05) is 75.2 Å². The Kier molecular flexibility index (Phi) is 6.90. The SMILES string of the molecule is CC(C)c1ccccc1-n1c(=O)c2ccccc2n2c(SCC(=O)NCC3CCCCC3)nnc12. The van der Waals surface area contributed by atoms with Gasteiger partial charge < -0.3 is 5.32 Å². The Labute approximate surface area is 208 Å². The van der Waals surface area contributed by atoms with Crippen LogP contribution in [0.1, 0.15) is 57.4 Å². The van der Waals surface area contributed by atoms with Crippen LogP contribution in [0, 0.1) is 5.92 Å². The lowest BCUT2D eigenvalue weighted by atomic mass is 9.89. The number of nitrogens with zero attached hydrogens (tertiary/aromatic N) is 4. The Morgan fingerprint density at radius 2 is 1.80 bits per heavy atom. The molecule has 0 unspecified atom stereocenters. The van der Waals surface area contributed by atoms with E-state index < -0.39 is 0 Å². The van der Waals surface area contributed by atoms with E-state index in [2.05, 4.69) is 29.4 Å². The summed E-state index contributed by atoms with van der Waals surface area (Å²) in [5.41, 5.74) is 2.47. The summed E-state index contributed by atoms with van der Waals surface area (Å²) in [4.78, 5) is 26.2. The van der Waals surface area contributed by atoms with Crippen LogP contribution in [-0.4, -0.2) is 37.4 Å². The highest BCUT2D eigenvalue weighted by Crippen LogP contribution is 2.27. The molecule has 8 heteroatoms. The zero-order valence-corrected chi connectivity index (χ0v) is 21.1. The molecule has 0 atom stereocenters. The van der Waals surface area contributed by atoms with Crippen molar-refractivity contribution >= 4 is 34.3 Å². The predicted octanol–water partition coefficient (Wildman–Crippen LogP) is 4.95. The van der Waals surface area contributed by atoms with Crippen molar-refractivity contribution in [1.82, 2.24) is 24.5 Å². The number of carbonyl (C=O) groups is 1. The van der Waals surface area contributed by atoms with Crippen molar-refractivity contribution in [1.29, 1.82) is 0 Å². The summed E-state index contributed by atoms with van der Waals surface area (Å²) in [5, 5.41) is 13.1. The fourth-order valence-corrected chi connectivity index (χ4v) is 5.77. The molecular weight excluding hydrogens is 458 g/mol. The number of para-hydroxylation sites is 2. The number of aromatic nitrogens is 4. The second-order valence-electron chi connectivity index (χ2n) is 9.59. The fourth-order valence-electron chi connectivity index (χ4n) is 5.00. The largest absolute Gasteiger partial charge is 0.355 e. The van der Waals surface area contributed by atoms with Crippen LogP contribution >= 0.6 is 11.8 Å². The highest BCUT2D eigenvalue weighted by molar-refractivity contribution is 7.99. The minimum absolute atomic E-state index is 0.0000963. The summed E-state index contributed by atoms with van der Waals surface area (Å²) < 4.78 is 3.55.